The van der Waals surface area contributed by atoms with Crippen molar-refractivity contribution < 1.29 is 4.79 Å². The lowest BCUT2D eigenvalue weighted by Gasteiger charge is -2.27. The van der Waals surface area contributed by atoms with Crippen LogP contribution in [0.4, 0.5) is 11.4 Å². The fourth-order valence-electron chi connectivity index (χ4n) is 1.80. The third-order valence-corrected chi connectivity index (χ3v) is 3.22. The van der Waals surface area contributed by atoms with Crippen LogP contribution in [0, 0.1) is 0 Å². The number of hydrogen-bond acceptors (Lipinski definition) is 2. The lowest BCUT2D eigenvalue weighted by molar-refractivity contribution is -0.119. The van der Waals surface area contributed by atoms with Gasteiger partial charge in [-0.25, -0.2) is 0 Å². The van der Waals surface area contributed by atoms with Crippen LogP contribution >= 0.6 is 15.9 Å². The lowest BCUT2D eigenvalue weighted by Crippen LogP contribution is -2.35. The molecule has 1 aromatic rings. The number of nitrogens with zero attached hydrogens (tertiary/aromatic N) is 1. The van der Waals surface area contributed by atoms with E-state index < -0.39 is 0 Å². The Morgan fingerprint density at radius 2 is 2.13 bits per heavy atom. The average Bonchev–Trinajstić information content (AvgIpc) is 2.20. The van der Waals surface area contributed by atoms with E-state index in [1.807, 2.05) is 23.1 Å². The average molecular weight is 269 g/mol. The van der Waals surface area contributed by atoms with Crippen LogP contribution in [0.3, 0.4) is 0 Å². The molecule has 4 heteroatoms. The number of piperidine rings is 1. The summed E-state index contributed by atoms with van der Waals surface area (Å²) >= 11 is 3.44. The minimum absolute atomic E-state index is 0.201. The number of benzene rings is 1. The molecule has 80 valence electrons. The largest absolute Gasteiger partial charge is 0.399 e. The normalized spacial score (nSPS) is 16.9. The molecule has 3 nitrogen and oxygen atoms in total. The zero-order chi connectivity index (χ0) is 10.8. The summed E-state index contributed by atoms with van der Waals surface area (Å²) in [4.78, 5) is 13.5. The number of carbonyl (C=O) groups excluding carboxylic acids is 1. The topological polar surface area (TPSA) is 46.3 Å². The third-order valence-electron chi connectivity index (χ3n) is 2.59. The Balaban J connectivity index is 2.31. The molecule has 0 atom stereocenters. The highest BCUT2D eigenvalue weighted by Crippen LogP contribution is 2.30. The molecule has 2 N–H and O–H groups in total. The summed E-state index contributed by atoms with van der Waals surface area (Å²) in [6, 6.07) is 5.54. The van der Waals surface area contributed by atoms with E-state index in [9.17, 15) is 4.79 Å². The van der Waals surface area contributed by atoms with Crippen LogP contribution in [0.5, 0.6) is 0 Å². The molecule has 0 spiro atoms. The van der Waals surface area contributed by atoms with Crippen LogP contribution in [0.2, 0.25) is 0 Å². The first kappa shape index (κ1) is 10.5. The first-order valence-corrected chi connectivity index (χ1v) is 5.83. The van der Waals surface area contributed by atoms with E-state index in [-0.39, 0.29) is 5.91 Å². The highest BCUT2D eigenvalue weighted by molar-refractivity contribution is 9.10. The van der Waals surface area contributed by atoms with Gasteiger partial charge in [0, 0.05) is 23.1 Å². The maximum absolute atomic E-state index is 11.7. The van der Waals surface area contributed by atoms with Crippen molar-refractivity contribution in [3.05, 3.63) is 22.7 Å². The van der Waals surface area contributed by atoms with E-state index in [1.165, 1.54) is 0 Å². The number of halogens is 1. The van der Waals surface area contributed by atoms with Gasteiger partial charge in [0.15, 0.2) is 0 Å². The maximum atomic E-state index is 11.7. The molecular weight excluding hydrogens is 256 g/mol. The Labute approximate surface area is 97.4 Å². The van der Waals surface area contributed by atoms with E-state index in [0.29, 0.717) is 12.1 Å². The van der Waals surface area contributed by atoms with E-state index in [4.69, 9.17) is 5.73 Å². The van der Waals surface area contributed by atoms with Gasteiger partial charge < -0.3 is 10.6 Å². The smallest absolute Gasteiger partial charge is 0.227 e. The Hall–Kier alpha value is -1.03. The van der Waals surface area contributed by atoms with Crippen molar-refractivity contribution in [2.45, 2.75) is 19.3 Å². The van der Waals surface area contributed by atoms with Gasteiger partial charge in [0.05, 0.1) is 5.69 Å². The molecule has 0 aromatic heterocycles. The molecule has 1 fully saturated rings. The second-order valence-electron chi connectivity index (χ2n) is 3.71. The van der Waals surface area contributed by atoms with Crippen molar-refractivity contribution in [1.82, 2.24) is 0 Å². The molecular formula is C11H13BrN2O. The molecule has 1 aromatic carbocycles. The Bertz CT molecular complexity index is 392. The molecule has 0 saturated carbocycles. The second kappa shape index (κ2) is 4.23. The molecule has 0 unspecified atom stereocenters. The second-order valence-corrected chi connectivity index (χ2v) is 4.57. The molecule has 15 heavy (non-hydrogen) atoms. The number of anilines is 2. The van der Waals surface area contributed by atoms with Crippen molar-refractivity contribution in [2.24, 2.45) is 0 Å². The molecule has 2 rings (SSSR count). The molecule has 0 aliphatic carbocycles. The molecule has 1 amide bonds. The van der Waals surface area contributed by atoms with Crippen LogP contribution in [0.25, 0.3) is 0 Å². The Morgan fingerprint density at radius 3 is 2.80 bits per heavy atom. The zero-order valence-corrected chi connectivity index (χ0v) is 9.96. The van der Waals surface area contributed by atoms with Crippen molar-refractivity contribution in [3.8, 4) is 0 Å². The molecule has 0 bridgehead atoms. The van der Waals surface area contributed by atoms with Crippen LogP contribution in [-0.4, -0.2) is 12.5 Å². The van der Waals surface area contributed by atoms with Gasteiger partial charge in [0.25, 0.3) is 0 Å². The van der Waals surface area contributed by atoms with Gasteiger partial charge >= 0.3 is 0 Å². The highest BCUT2D eigenvalue weighted by Gasteiger charge is 2.21. The fraction of sp³-hybridized carbons (Fsp3) is 0.364. The number of amides is 1. The summed E-state index contributed by atoms with van der Waals surface area (Å²) < 4.78 is 0.887. The van der Waals surface area contributed by atoms with Gasteiger partial charge in [-0.1, -0.05) is 0 Å². The molecule has 1 saturated heterocycles. The molecule has 1 heterocycles. The quantitative estimate of drug-likeness (QED) is 0.796. The number of hydrogen-bond donors (Lipinski definition) is 1. The molecule has 1 aliphatic heterocycles. The Kier molecular flexibility index (Phi) is 2.95. The van der Waals surface area contributed by atoms with Gasteiger partial charge in [-0.05, 0) is 47.0 Å². The third kappa shape index (κ3) is 2.15. The van der Waals surface area contributed by atoms with Crippen LogP contribution in [-0.2, 0) is 4.79 Å². The predicted molar refractivity (Wildman–Crippen MR) is 64.8 cm³/mol. The standard InChI is InChI=1S/C11H13BrN2O/c12-9-7-8(13)4-5-10(9)14-6-2-1-3-11(14)15/h4-5,7H,1-3,6,13H2. The fourth-order valence-corrected chi connectivity index (χ4v) is 2.41. The summed E-state index contributed by atoms with van der Waals surface area (Å²) in [5.74, 6) is 0.201. The number of carbonyl (C=O) groups is 1. The van der Waals surface area contributed by atoms with Gasteiger partial charge in [0.1, 0.15) is 0 Å². The first-order chi connectivity index (χ1) is 7.18. The maximum Gasteiger partial charge on any atom is 0.227 e. The number of nitrogen functional groups attached to an aromatic ring is 1. The highest BCUT2D eigenvalue weighted by atomic mass is 79.9. The summed E-state index contributed by atoms with van der Waals surface area (Å²) in [6.07, 6.45) is 2.72. The minimum atomic E-state index is 0.201. The summed E-state index contributed by atoms with van der Waals surface area (Å²) in [5.41, 5.74) is 7.29. The SMILES string of the molecule is Nc1ccc(N2CCCCC2=O)c(Br)c1. The van der Waals surface area contributed by atoms with E-state index in [1.54, 1.807) is 0 Å². The van der Waals surface area contributed by atoms with E-state index in [0.717, 1.165) is 29.5 Å². The van der Waals surface area contributed by atoms with Crippen LogP contribution < -0.4 is 10.6 Å². The Morgan fingerprint density at radius 1 is 1.33 bits per heavy atom. The van der Waals surface area contributed by atoms with Gasteiger partial charge in [-0.15, -0.1) is 0 Å². The van der Waals surface area contributed by atoms with Gasteiger partial charge in [-0.2, -0.15) is 0 Å². The predicted octanol–water partition coefficient (Wildman–Crippen LogP) is 2.55. The molecule has 1 aliphatic rings. The summed E-state index contributed by atoms with van der Waals surface area (Å²) in [6.45, 7) is 0.807. The van der Waals surface area contributed by atoms with Crippen molar-refractivity contribution in [3.63, 3.8) is 0 Å². The lowest BCUT2D eigenvalue weighted by atomic mass is 10.1. The summed E-state index contributed by atoms with van der Waals surface area (Å²) in [5, 5.41) is 0. The number of rotatable bonds is 1. The van der Waals surface area contributed by atoms with Crippen molar-refractivity contribution >= 4 is 33.2 Å². The zero-order valence-electron chi connectivity index (χ0n) is 8.37. The van der Waals surface area contributed by atoms with Crippen LogP contribution in [0.1, 0.15) is 19.3 Å². The number of nitrogens with two attached hydrogens (primary N) is 1. The molecule has 0 radical (unpaired) electrons. The van der Waals surface area contributed by atoms with Gasteiger partial charge in [-0.3, -0.25) is 4.79 Å². The first-order valence-electron chi connectivity index (χ1n) is 5.04. The monoisotopic (exact) mass is 268 g/mol. The van der Waals surface area contributed by atoms with Crippen molar-refractivity contribution in [1.29, 1.82) is 0 Å². The summed E-state index contributed by atoms with van der Waals surface area (Å²) in [7, 11) is 0. The van der Waals surface area contributed by atoms with E-state index in [2.05, 4.69) is 15.9 Å². The van der Waals surface area contributed by atoms with Crippen LogP contribution in [0.15, 0.2) is 22.7 Å². The minimum Gasteiger partial charge on any atom is -0.399 e. The van der Waals surface area contributed by atoms with Crippen molar-refractivity contribution in [2.75, 3.05) is 17.2 Å². The van der Waals surface area contributed by atoms with E-state index >= 15 is 0 Å². The van der Waals surface area contributed by atoms with Gasteiger partial charge in [0.2, 0.25) is 5.91 Å².